The lowest BCUT2D eigenvalue weighted by molar-refractivity contribution is -0.125. The summed E-state index contributed by atoms with van der Waals surface area (Å²) in [6, 6.07) is 4.96. The van der Waals surface area contributed by atoms with Gasteiger partial charge in [0.1, 0.15) is 0 Å². The Labute approximate surface area is 123 Å². The van der Waals surface area contributed by atoms with Gasteiger partial charge in [0.15, 0.2) is 0 Å². The van der Waals surface area contributed by atoms with Gasteiger partial charge in [-0.1, -0.05) is 33.8 Å². The van der Waals surface area contributed by atoms with E-state index in [-0.39, 0.29) is 5.41 Å². The number of aromatic nitrogens is 1. The molecule has 1 aliphatic carbocycles. The molecule has 0 radical (unpaired) electrons. The summed E-state index contributed by atoms with van der Waals surface area (Å²) >= 11 is 0. The average Bonchev–Trinajstić information content (AvgIpc) is 2.42. The minimum Gasteiger partial charge on any atom is -0.377 e. The van der Waals surface area contributed by atoms with Crippen molar-refractivity contribution in [2.75, 3.05) is 6.61 Å². The summed E-state index contributed by atoms with van der Waals surface area (Å²) in [4.78, 5) is 4.19. The molecule has 1 fully saturated rings. The molecule has 3 nitrogen and oxygen atoms in total. The van der Waals surface area contributed by atoms with Gasteiger partial charge in [0.2, 0.25) is 0 Å². The number of rotatable bonds is 6. The number of hydrogen-bond donors (Lipinski definition) is 1. The highest BCUT2D eigenvalue weighted by Crippen LogP contribution is 2.43. The molecule has 2 rings (SSSR count). The molecule has 3 unspecified atom stereocenters. The molecule has 1 aromatic rings. The van der Waals surface area contributed by atoms with Gasteiger partial charge in [0, 0.05) is 36.5 Å². The average molecular weight is 276 g/mol. The Morgan fingerprint density at radius 2 is 2.15 bits per heavy atom. The predicted molar refractivity (Wildman–Crippen MR) is 82.6 cm³/mol. The third kappa shape index (κ3) is 3.39. The fourth-order valence-corrected chi connectivity index (χ4v) is 2.79. The van der Waals surface area contributed by atoms with Gasteiger partial charge in [-0.2, -0.15) is 0 Å². The molecule has 1 saturated carbocycles. The molecule has 0 saturated heterocycles. The van der Waals surface area contributed by atoms with Crippen molar-refractivity contribution in [1.82, 2.24) is 10.3 Å². The highest BCUT2D eigenvalue weighted by Gasteiger charge is 2.49. The van der Waals surface area contributed by atoms with Gasteiger partial charge < -0.3 is 10.1 Å². The van der Waals surface area contributed by atoms with Crippen molar-refractivity contribution in [2.45, 2.75) is 59.2 Å². The monoisotopic (exact) mass is 276 g/mol. The van der Waals surface area contributed by atoms with Crippen LogP contribution in [0, 0.1) is 11.3 Å². The number of nitrogens with one attached hydrogen (secondary N) is 1. The lowest BCUT2D eigenvalue weighted by atomic mass is 9.64. The largest absolute Gasteiger partial charge is 0.377 e. The van der Waals surface area contributed by atoms with Gasteiger partial charge in [-0.05, 0) is 30.9 Å². The maximum atomic E-state index is 6.02. The van der Waals surface area contributed by atoms with E-state index in [0.717, 1.165) is 13.0 Å². The molecule has 1 N–H and O–H groups in total. The van der Waals surface area contributed by atoms with Gasteiger partial charge in [-0.3, -0.25) is 4.98 Å². The molecule has 0 spiro atoms. The van der Waals surface area contributed by atoms with E-state index >= 15 is 0 Å². The van der Waals surface area contributed by atoms with Crippen LogP contribution in [0.5, 0.6) is 0 Å². The summed E-state index contributed by atoms with van der Waals surface area (Å²) in [6.07, 6.45) is 5.24. The van der Waals surface area contributed by atoms with Crippen LogP contribution in [0.15, 0.2) is 24.5 Å². The number of nitrogens with zero attached hydrogens (tertiary/aromatic N) is 1. The summed E-state index contributed by atoms with van der Waals surface area (Å²) < 4.78 is 6.02. The molecule has 1 aromatic heterocycles. The fourth-order valence-electron chi connectivity index (χ4n) is 2.79. The zero-order valence-corrected chi connectivity index (χ0v) is 13.4. The summed E-state index contributed by atoms with van der Waals surface area (Å²) in [5, 5.41) is 3.72. The molecular weight excluding hydrogens is 248 g/mol. The van der Waals surface area contributed by atoms with Crippen LogP contribution in [0.25, 0.3) is 0 Å². The van der Waals surface area contributed by atoms with E-state index in [1.54, 1.807) is 0 Å². The van der Waals surface area contributed by atoms with Crippen molar-refractivity contribution in [3.05, 3.63) is 30.1 Å². The van der Waals surface area contributed by atoms with Crippen LogP contribution < -0.4 is 5.32 Å². The van der Waals surface area contributed by atoms with Crippen LogP contribution in [0.4, 0.5) is 0 Å². The van der Waals surface area contributed by atoms with E-state index < -0.39 is 0 Å². The molecule has 0 aliphatic heterocycles. The molecule has 0 amide bonds. The van der Waals surface area contributed by atoms with Crippen molar-refractivity contribution >= 4 is 0 Å². The number of ether oxygens (including phenoxy) is 1. The summed E-state index contributed by atoms with van der Waals surface area (Å²) in [6.45, 7) is 12.1. The van der Waals surface area contributed by atoms with Gasteiger partial charge in [0.25, 0.3) is 0 Å². The zero-order valence-electron chi connectivity index (χ0n) is 13.4. The molecule has 112 valence electrons. The molecule has 0 aromatic carbocycles. The fraction of sp³-hybridized carbons (Fsp3) is 0.706. The van der Waals surface area contributed by atoms with Crippen LogP contribution >= 0.6 is 0 Å². The van der Waals surface area contributed by atoms with Crippen molar-refractivity contribution in [1.29, 1.82) is 0 Å². The highest BCUT2D eigenvalue weighted by molar-refractivity contribution is 5.14. The molecule has 1 heterocycles. The van der Waals surface area contributed by atoms with Gasteiger partial charge in [0.05, 0.1) is 6.10 Å². The molecular formula is C17H28N2O. The smallest absolute Gasteiger partial charge is 0.0656 e. The van der Waals surface area contributed by atoms with Crippen LogP contribution in [-0.4, -0.2) is 23.7 Å². The second-order valence-electron chi connectivity index (χ2n) is 7.00. The number of pyridine rings is 1. The Balaban J connectivity index is 1.86. The first-order valence-corrected chi connectivity index (χ1v) is 7.68. The van der Waals surface area contributed by atoms with E-state index in [4.69, 9.17) is 4.74 Å². The van der Waals surface area contributed by atoms with Crippen LogP contribution in [0.2, 0.25) is 0 Å². The highest BCUT2D eigenvalue weighted by atomic mass is 16.5. The Morgan fingerprint density at radius 3 is 2.70 bits per heavy atom. The minimum absolute atomic E-state index is 0.200. The second-order valence-corrected chi connectivity index (χ2v) is 7.00. The lowest BCUT2D eigenvalue weighted by Gasteiger charge is -2.53. The van der Waals surface area contributed by atoms with Gasteiger partial charge in [-0.15, -0.1) is 0 Å². The SMILES string of the molecule is CC(C)COC1CC(NC(C)c2cccnc2)C1(C)C. The summed E-state index contributed by atoms with van der Waals surface area (Å²) in [5.74, 6) is 0.604. The van der Waals surface area contributed by atoms with Crippen LogP contribution in [-0.2, 0) is 4.74 Å². The topological polar surface area (TPSA) is 34.1 Å². The Hall–Kier alpha value is -0.930. The van der Waals surface area contributed by atoms with Gasteiger partial charge in [-0.25, -0.2) is 0 Å². The van der Waals surface area contributed by atoms with Crippen LogP contribution in [0.1, 0.15) is 52.6 Å². The van der Waals surface area contributed by atoms with E-state index in [1.807, 2.05) is 18.5 Å². The lowest BCUT2D eigenvalue weighted by Crippen LogP contribution is -2.61. The molecule has 3 atom stereocenters. The van der Waals surface area contributed by atoms with Crippen molar-refractivity contribution in [3.63, 3.8) is 0 Å². The summed E-state index contributed by atoms with van der Waals surface area (Å²) in [7, 11) is 0. The summed E-state index contributed by atoms with van der Waals surface area (Å²) in [5.41, 5.74) is 1.44. The Bertz CT molecular complexity index is 416. The minimum atomic E-state index is 0.200. The van der Waals surface area contributed by atoms with E-state index in [0.29, 0.717) is 24.1 Å². The van der Waals surface area contributed by atoms with Crippen molar-refractivity contribution in [3.8, 4) is 0 Å². The van der Waals surface area contributed by atoms with Crippen molar-refractivity contribution in [2.24, 2.45) is 11.3 Å². The first-order valence-electron chi connectivity index (χ1n) is 7.68. The third-order valence-electron chi connectivity index (χ3n) is 4.44. The molecule has 20 heavy (non-hydrogen) atoms. The van der Waals surface area contributed by atoms with Gasteiger partial charge >= 0.3 is 0 Å². The predicted octanol–water partition coefficient (Wildman–Crippen LogP) is 3.57. The van der Waals surface area contributed by atoms with E-state index in [1.165, 1.54) is 5.56 Å². The standard InChI is InChI=1S/C17H28N2O/c1-12(2)11-20-16-9-15(17(16,4)5)19-13(3)14-7-6-8-18-10-14/h6-8,10,12-13,15-16,19H,9,11H2,1-5H3. The normalized spacial score (nSPS) is 26.3. The first kappa shape index (κ1) is 15.5. The molecule has 1 aliphatic rings. The van der Waals surface area contributed by atoms with Crippen molar-refractivity contribution < 1.29 is 4.74 Å². The number of hydrogen-bond acceptors (Lipinski definition) is 3. The maximum Gasteiger partial charge on any atom is 0.0656 e. The maximum absolute atomic E-state index is 6.02. The quantitative estimate of drug-likeness (QED) is 0.862. The second kappa shape index (κ2) is 6.23. The first-order chi connectivity index (χ1) is 9.41. The molecule has 0 bridgehead atoms. The third-order valence-corrected chi connectivity index (χ3v) is 4.44. The zero-order chi connectivity index (χ0) is 14.8. The van der Waals surface area contributed by atoms with E-state index in [9.17, 15) is 0 Å². The Kier molecular flexibility index (Phi) is 4.82. The van der Waals surface area contributed by atoms with Crippen LogP contribution in [0.3, 0.4) is 0 Å². The molecule has 3 heteroatoms. The van der Waals surface area contributed by atoms with E-state index in [2.05, 4.69) is 51.0 Å². The Morgan fingerprint density at radius 1 is 1.40 bits per heavy atom.